The first-order chi connectivity index (χ1) is 41.4. The monoisotopic (exact) mass is 1270 g/mol. The highest BCUT2D eigenvalue weighted by Crippen LogP contribution is 2.45. The fourth-order valence-corrected chi connectivity index (χ4v) is 11.6. The Morgan fingerprint density at radius 2 is 0.593 bits per heavy atom. The smallest absolute Gasteiger partial charge is 0.462 e. The number of esters is 4. The van der Waals surface area contributed by atoms with Crippen LogP contribution in [0.3, 0.4) is 0 Å². The van der Waals surface area contributed by atoms with Gasteiger partial charge in [0, 0.05) is 25.7 Å². The molecular weight excluding hydrogens is 1140 g/mol. The Kier molecular flexibility index (Phi) is 58.0. The van der Waals surface area contributed by atoms with Crippen LogP contribution in [0.5, 0.6) is 0 Å². The summed E-state index contributed by atoms with van der Waals surface area (Å²) in [5.41, 5.74) is 0. The van der Waals surface area contributed by atoms with Gasteiger partial charge < -0.3 is 33.8 Å². The first kappa shape index (κ1) is 84.1. The van der Waals surface area contributed by atoms with Gasteiger partial charge >= 0.3 is 39.5 Å². The molecule has 0 rings (SSSR count). The van der Waals surface area contributed by atoms with Crippen LogP contribution in [-0.4, -0.2) is 96.7 Å². The van der Waals surface area contributed by atoms with Crippen LogP contribution < -0.4 is 0 Å². The van der Waals surface area contributed by atoms with Gasteiger partial charge in [-0.2, -0.15) is 0 Å². The summed E-state index contributed by atoms with van der Waals surface area (Å²) in [5, 5.41) is 10.6. The average molecular weight is 1270 g/mol. The van der Waals surface area contributed by atoms with Crippen LogP contribution in [0.2, 0.25) is 0 Å². The Labute approximate surface area is 524 Å². The van der Waals surface area contributed by atoms with Crippen LogP contribution in [0.25, 0.3) is 0 Å². The van der Waals surface area contributed by atoms with E-state index in [1.165, 1.54) is 154 Å². The molecule has 0 saturated carbocycles. The van der Waals surface area contributed by atoms with E-state index >= 15 is 0 Å². The average Bonchev–Trinajstić information content (AvgIpc) is 3.69. The van der Waals surface area contributed by atoms with E-state index in [4.69, 9.17) is 37.0 Å². The molecule has 0 saturated heterocycles. The maximum Gasteiger partial charge on any atom is 0.472 e. The van der Waals surface area contributed by atoms with E-state index in [1.807, 2.05) is 0 Å². The summed E-state index contributed by atoms with van der Waals surface area (Å²) in [6, 6.07) is 0. The first-order valence-corrected chi connectivity index (χ1v) is 38.0. The minimum atomic E-state index is -4.95. The third kappa shape index (κ3) is 59.7. The van der Waals surface area contributed by atoms with E-state index in [9.17, 15) is 43.2 Å². The van der Waals surface area contributed by atoms with Crippen molar-refractivity contribution in [2.24, 2.45) is 11.8 Å². The van der Waals surface area contributed by atoms with Crippen molar-refractivity contribution in [3.8, 4) is 0 Å². The second kappa shape index (κ2) is 59.4. The molecule has 0 spiro atoms. The van der Waals surface area contributed by atoms with Crippen molar-refractivity contribution in [3.05, 3.63) is 0 Å². The van der Waals surface area contributed by atoms with E-state index in [1.54, 1.807) is 0 Å². The number of ether oxygens (including phenoxy) is 4. The lowest BCUT2D eigenvalue weighted by atomic mass is 9.99. The molecule has 0 fully saturated rings. The number of unbranched alkanes of at least 4 members (excludes halogenated alkanes) is 35. The standard InChI is InChI=1S/C67H130O17P2/c1-7-10-12-14-16-18-20-21-26-32-38-44-50-65(70)78-55-62(83-66(71)51-45-39-33-27-23-22-24-30-36-42-48-60(6)9-3)57-81-85(73,74)79-53-61(68)54-80-86(75,76)82-58-63(84-67(72)52-46-40-34-28-29-35-41-47-59(4)5)56-77-64(69)49-43-37-31-25-19-17-15-13-11-8-2/h59-63,68H,7-58H2,1-6H3,(H,73,74)(H,75,76)/t60?,61-,62-,63-/m1/s1. The minimum absolute atomic E-state index is 0.103. The lowest BCUT2D eigenvalue weighted by Crippen LogP contribution is -2.30. The van der Waals surface area contributed by atoms with Crippen molar-refractivity contribution in [1.29, 1.82) is 0 Å². The zero-order chi connectivity index (χ0) is 63.6. The van der Waals surface area contributed by atoms with Gasteiger partial charge in [0.15, 0.2) is 12.2 Å². The fourth-order valence-electron chi connectivity index (χ4n) is 10.0. The zero-order valence-corrected chi connectivity index (χ0v) is 57.4. The molecule has 0 aromatic heterocycles. The molecule has 0 radical (unpaired) electrons. The summed E-state index contributed by atoms with van der Waals surface area (Å²) >= 11 is 0. The molecular formula is C67H130O17P2. The van der Waals surface area contributed by atoms with Crippen molar-refractivity contribution in [2.45, 2.75) is 355 Å². The second-order valence-corrected chi connectivity index (χ2v) is 27.8. The Morgan fingerprint density at radius 1 is 0.337 bits per heavy atom. The second-order valence-electron chi connectivity index (χ2n) is 24.9. The number of phosphoric ester groups is 2. The van der Waals surface area contributed by atoms with Crippen molar-refractivity contribution >= 4 is 39.5 Å². The molecule has 0 amide bonds. The van der Waals surface area contributed by atoms with Crippen LogP contribution >= 0.6 is 15.6 Å². The molecule has 3 N–H and O–H groups in total. The Bertz CT molecular complexity index is 1690. The van der Waals surface area contributed by atoms with Crippen LogP contribution in [-0.2, 0) is 65.4 Å². The number of rotatable bonds is 66. The third-order valence-corrected chi connectivity index (χ3v) is 17.7. The lowest BCUT2D eigenvalue weighted by molar-refractivity contribution is -0.161. The number of carbonyl (C=O) groups is 4. The summed E-state index contributed by atoms with van der Waals surface area (Å²) in [7, 11) is -9.89. The summed E-state index contributed by atoms with van der Waals surface area (Å²) in [4.78, 5) is 72.4. The summed E-state index contributed by atoms with van der Waals surface area (Å²) in [6.45, 7) is 9.48. The van der Waals surface area contributed by atoms with Gasteiger partial charge in [-0.05, 0) is 37.5 Å². The maximum atomic E-state index is 13.0. The molecule has 17 nitrogen and oxygen atoms in total. The highest BCUT2D eigenvalue weighted by molar-refractivity contribution is 7.47. The molecule has 0 heterocycles. The Morgan fingerprint density at radius 3 is 0.884 bits per heavy atom. The number of aliphatic hydroxyl groups is 1. The largest absolute Gasteiger partial charge is 0.472 e. The van der Waals surface area contributed by atoms with Gasteiger partial charge in [-0.1, -0.05) is 286 Å². The van der Waals surface area contributed by atoms with Gasteiger partial charge in [-0.15, -0.1) is 0 Å². The molecule has 6 atom stereocenters. The molecule has 0 aromatic rings. The number of hydrogen-bond donors (Lipinski definition) is 3. The van der Waals surface area contributed by atoms with Gasteiger partial charge in [-0.3, -0.25) is 37.3 Å². The molecule has 86 heavy (non-hydrogen) atoms. The topological polar surface area (TPSA) is 237 Å². The van der Waals surface area contributed by atoms with E-state index < -0.39 is 97.5 Å². The van der Waals surface area contributed by atoms with E-state index in [-0.39, 0.29) is 25.7 Å². The summed E-state index contributed by atoms with van der Waals surface area (Å²) in [6.07, 6.45) is 43.0. The Balaban J connectivity index is 5.25. The Hall–Kier alpha value is -1.94. The lowest BCUT2D eigenvalue weighted by Gasteiger charge is -2.21. The molecule has 0 aliphatic carbocycles. The maximum absolute atomic E-state index is 13.0. The normalized spacial score (nSPS) is 14.5. The molecule has 510 valence electrons. The molecule has 0 aliphatic heterocycles. The predicted octanol–water partition coefficient (Wildman–Crippen LogP) is 18.8. The molecule has 0 bridgehead atoms. The minimum Gasteiger partial charge on any atom is -0.462 e. The quantitative estimate of drug-likeness (QED) is 0.0222. The van der Waals surface area contributed by atoms with E-state index in [2.05, 4.69) is 41.5 Å². The fraction of sp³-hybridized carbons (Fsp3) is 0.940. The third-order valence-electron chi connectivity index (χ3n) is 15.8. The van der Waals surface area contributed by atoms with Gasteiger partial charge in [0.2, 0.25) is 0 Å². The number of carbonyl (C=O) groups excluding carboxylic acids is 4. The van der Waals surface area contributed by atoms with Crippen molar-refractivity contribution in [3.63, 3.8) is 0 Å². The van der Waals surface area contributed by atoms with Gasteiger partial charge in [-0.25, -0.2) is 9.13 Å². The van der Waals surface area contributed by atoms with Crippen LogP contribution in [0.15, 0.2) is 0 Å². The number of aliphatic hydroxyl groups excluding tert-OH is 1. The number of phosphoric acid groups is 2. The van der Waals surface area contributed by atoms with E-state index in [0.29, 0.717) is 31.6 Å². The zero-order valence-electron chi connectivity index (χ0n) is 55.6. The van der Waals surface area contributed by atoms with Gasteiger partial charge in [0.1, 0.15) is 19.3 Å². The van der Waals surface area contributed by atoms with Crippen molar-refractivity contribution in [2.75, 3.05) is 39.6 Å². The highest BCUT2D eigenvalue weighted by Gasteiger charge is 2.30. The summed E-state index contributed by atoms with van der Waals surface area (Å²) < 4.78 is 68.1. The SMILES string of the molecule is CCCCCCCCCCCCCCC(=O)OC[C@H](COP(=O)(O)OC[C@@H](O)COP(=O)(O)OC[C@@H](COC(=O)CCCCCCCCCCCC)OC(=O)CCCCCCCCCC(C)C)OC(=O)CCCCCCCCCCCCC(C)CC. The molecule has 19 heteroatoms. The summed E-state index contributed by atoms with van der Waals surface area (Å²) in [5.74, 6) is -0.631. The molecule has 0 aromatic carbocycles. The molecule has 0 aliphatic rings. The van der Waals surface area contributed by atoms with Crippen LogP contribution in [0.4, 0.5) is 0 Å². The van der Waals surface area contributed by atoms with Crippen LogP contribution in [0, 0.1) is 11.8 Å². The van der Waals surface area contributed by atoms with Crippen molar-refractivity contribution < 1.29 is 80.2 Å². The first-order valence-electron chi connectivity index (χ1n) is 35.0. The highest BCUT2D eigenvalue weighted by atomic mass is 31.2. The van der Waals surface area contributed by atoms with Gasteiger partial charge in [0.05, 0.1) is 26.4 Å². The van der Waals surface area contributed by atoms with Crippen molar-refractivity contribution in [1.82, 2.24) is 0 Å². The van der Waals surface area contributed by atoms with E-state index in [0.717, 1.165) is 95.8 Å². The van der Waals surface area contributed by atoms with Crippen LogP contribution in [0.1, 0.15) is 337 Å². The molecule has 3 unspecified atom stereocenters. The number of hydrogen-bond acceptors (Lipinski definition) is 15. The van der Waals surface area contributed by atoms with Gasteiger partial charge in [0.25, 0.3) is 0 Å². The predicted molar refractivity (Wildman–Crippen MR) is 345 cm³/mol.